The van der Waals surface area contributed by atoms with Gasteiger partial charge in [-0.15, -0.1) is 11.6 Å². The molecule has 0 aliphatic heterocycles. The second kappa shape index (κ2) is 3.73. The minimum Gasteiger partial charge on any atom is -0.312 e. The van der Waals surface area contributed by atoms with Crippen molar-refractivity contribution in [1.82, 2.24) is 19.3 Å². The maximum absolute atomic E-state index is 6.03. The summed E-state index contributed by atoms with van der Waals surface area (Å²) in [7, 11) is 1.98. The summed E-state index contributed by atoms with van der Waals surface area (Å²) in [6, 6.07) is 0. The molecule has 0 bridgehead atoms. The van der Waals surface area contributed by atoms with E-state index in [1.54, 1.807) is 0 Å². The Balaban J connectivity index is 2.08. The van der Waals surface area contributed by atoms with Crippen molar-refractivity contribution >= 4 is 22.8 Å². The van der Waals surface area contributed by atoms with Crippen LogP contribution in [0, 0.1) is 18.3 Å². The van der Waals surface area contributed by atoms with E-state index in [0.29, 0.717) is 11.3 Å². The zero-order valence-corrected chi connectivity index (χ0v) is 12.1. The van der Waals surface area contributed by atoms with Gasteiger partial charge in [-0.25, -0.2) is 4.98 Å². The highest BCUT2D eigenvalue weighted by atomic mass is 35.5. The molecule has 1 aliphatic rings. The molecule has 0 radical (unpaired) electrons. The average Bonchev–Trinajstić information content (AvgIpc) is 2.66. The summed E-state index contributed by atoms with van der Waals surface area (Å²) < 4.78 is 4.17. The Morgan fingerprint density at radius 2 is 2.11 bits per heavy atom. The van der Waals surface area contributed by atoms with Crippen molar-refractivity contribution in [3.05, 3.63) is 11.5 Å². The summed E-state index contributed by atoms with van der Waals surface area (Å²) in [5.74, 6) is 2.15. The van der Waals surface area contributed by atoms with Crippen molar-refractivity contribution < 1.29 is 0 Å². The normalized spacial score (nSPS) is 21.7. The molecule has 1 aliphatic carbocycles. The lowest BCUT2D eigenvalue weighted by atomic mass is 10.1. The summed E-state index contributed by atoms with van der Waals surface area (Å²) in [6.07, 6.45) is 1.28. The molecule has 2 aromatic rings. The zero-order chi connectivity index (χ0) is 13.1. The molecule has 1 atom stereocenters. The van der Waals surface area contributed by atoms with Gasteiger partial charge >= 0.3 is 0 Å². The summed E-state index contributed by atoms with van der Waals surface area (Å²) in [5, 5.41) is 4.44. The van der Waals surface area contributed by atoms with Gasteiger partial charge in [-0.05, 0) is 24.7 Å². The van der Waals surface area contributed by atoms with Crippen LogP contribution in [0.4, 0.5) is 0 Å². The van der Waals surface area contributed by atoms with E-state index in [0.717, 1.165) is 35.1 Å². The topological polar surface area (TPSA) is 35.6 Å². The van der Waals surface area contributed by atoms with E-state index in [2.05, 4.69) is 28.5 Å². The monoisotopic (exact) mass is 266 g/mol. The number of alkyl halides is 1. The van der Waals surface area contributed by atoms with E-state index in [4.69, 9.17) is 11.6 Å². The van der Waals surface area contributed by atoms with E-state index in [1.165, 1.54) is 6.42 Å². The number of rotatable bonds is 3. The largest absolute Gasteiger partial charge is 0.312 e. The molecule has 2 aromatic heterocycles. The summed E-state index contributed by atoms with van der Waals surface area (Å²) in [6.45, 7) is 7.64. The van der Waals surface area contributed by atoms with Crippen molar-refractivity contribution in [2.75, 3.05) is 0 Å². The SMILES string of the molecule is Cc1nn(C)c2c1nc(CCl)n2CC1CC1(C)C. The highest BCUT2D eigenvalue weighted by Crippen LogP contribution is 2.52. The van der Waals surface area contributed by atoms with Crippen LogP contribution in [0.1, 0.15) is 31.8 Å². The number of fused-ring (bicyclic) bond motifs is 1. The standard InChI is InChI=1S/C13H19ClN4/c1-8-11-12(17(4)16-8)18(10(6-14)15-11)7-9-5-13(9,2)3/h9H,5-7H2,1-4H3. The molecule has 0 saturated heterocycles. The minimum absolute atomic E-state index is 0.460. The molecule has 0 amide bonds. The Bertz CT molecular complexity index is 608. The Morgan fingerprint density at radius 3 is 2.67 bits per heavy atom. The maximum atomic E-state index is 6.03. The first-order chi connectivity index (χ1) is 8.44. The molecule has 1 saturated carbocycles. The van der Waals surface area contributed by atoms with Crippen molar-refractivity contribution in [3.8, 4) is 0 Å². The Labute approximate surface area is 112 Å². The van der Waals surface area contributed by atoms with Gasteiger partial charge in [0, 0.05) is 13.6 Å². The Hall–Kier alpha value is -1.03. The molecule has 3 rings (SSSR count). The van der Waals surface area contributed by atoms with Crippen LogP contribution in [0.3, 0.4) is 0 Å². The molecule has 2 heterocycles. The predicted octanol–water partition coefficient (Wildman–Crippen LogP) is 2.86. The van der Waals surface area contributed by atoms with Crippen molar-refractivity contribution in [2.45, 2.75) is 39.6 Å². The first-order valence-electron chi connectivity index (χ1n) is 6.38. The van der Waals surface area contributed by atoms with Gasteiger partial charge in [-0.2, -0.15) is 5.10 Å². The van der Waals surface area contributed by atoms with Crippen LogP contribution in [-0.4, -0.2) is 19.3 Å². The van der Waals surface area contributed by atoms with Crippen LogP contribution < -0.4 is 0 Å². The van der Waals surface area contributed by atoms with E-state index in [9.17, 15) is 0 Å². The molecule has 5 heteroatoms. The highest BCUT2D eigenvalue weighted by Gasteiger charge is 2.46. The van der Waals surface area contributed by atoms with Crippen molar-refractivity contribution in [3.63, 3.8) is 0 Å². The summed E-state index contributed by atoms with van der Waals surface area (Å²) in [4.78, 5) is 4.63. The van der Waals surface area contributed by atoms with Crippen LogP contribution in [0.5, 0.6) is 0 Å². The average molecular weight is 267 g/mol. The third kappa shape index (κ3) is 1.66. The third-order valence-corrected chi connectivity index (χ3v) is 4.45. The zero-order valence-electron chi connectivity index (χ0n) is 11.4. The second-order valence-electron chi connectivity index (χ2n) is 6.04. The number of hydrogen-bond acceptors (Lipinski definition) is 2. The number of hydrogen-bond donors (Lipinski definition) is 0. The summed E-state index contributed by atoms with van der Waals surface area (Å²) >= 11 is 6.03. The molecular formula is C13H19ClN4. The van der Waals surface area contributed by atoms with Crippen molar-refractivity contribution in [1.29, 1.82) is 0 Å². The van der Waals surface area contributed by atoms with Gasteiger partial charge < -0.3 is 4.57 Å². The van der Waals surface area contributed by atoms with Crippen molar-refractivity contribution in [2.24, 2.45) is 18.4 Å². The number of imidazole rings is 1. The fourth-order valence-electron chi connectivity index (χ4n) is 2.78. The molecule has 0 aromatic carbocycles. The van der Waals surface area contributed by atoms with E-state index in [-0.39, 0.29) is 0 Å². The molecule has 1 unspecified atom stereocenters. The van der Waals surface area contributed by atoms with Crippen LogP contribution in [0.2, 0.25) is 0 Å². The number of halogens is 1. The molecule has 18 heavy (non-hydrogen) atoms. The van der Waals surface area contributed by atoms with Crippen LogP contribution in [-0.2, 0) is 19.5 Å². The Morgan fingerprint density at radius 1 is 1.44 bits per heavy atom. The minimum atomic E-state index is 0.460. The van der Waals surface area contributed by atoms with Crippen LogP contribution in [0.25, 0.3) is 11.2 Å². The van der Waals surface area contributed by atoms with Gasteiger partial charge in [0.05, 0.1) is 11.6 Å². The van der Waals surface area contributed by atoms with Gasteiger partial charge in [0.2, 0.25) is 0 Å². The van der Waals surface area contributed by atoms with Gasteiger partial charge in [0.15, 0.2) is 5.65 Å². The molecule has 1 fully saturated rings. The number of aromatic nitrogens is 4. The van der Waals surface area contributed by atoms with E-state index >= 15 is 0 Å². The fourth-order valence-corrected chi connectivity index (χ4v) is 2.99. The lowest BCUT2D eigenvalue weighted by Gasteiger charge is -2.09. The lowest BCUT2D eigenvalue weighted by Crippen LogP contribution is -2.09. The number of aryl methyl sites for hydroxylation is 2. The summed E-state index contributed by atoms with van der Waals surface area (Å²) in [5.41, 5.74) is 3.54. The van der Waals surface area contributed by atoms with E-state index < -0.39 is 0 Å². The second-order valence-corrected chi connectivity index (χ2v) is 6.31. The Kier molecular flexibility index (Phi) is 2.49. The third-order valence-electron chi connectivity index (χ3n) is 4.21. The number of nitrogens with zero attached hydrogens (tertiary/aromatic N) is 4. The first-order valence-corrected chi connectivity index (χ1v) is 6.92. The molecule has 98 valence electrons. The maximum Gasteiger partial charge on any atom is 0.158 e. The molecular weight excluding hydrogens is 248 g/mol. The molecule has 0 N–H and O–H groups in total. The lowest BCUT2D eigenvalue weighted by molar-refractivity contribution is 0.493. The first kappa shape index (κ1) is 12.0. The van der Waals surface area contributed by atoms with Crippen LogP contribution in [0.15, 0.2) is 0 Å². The smallest absolute Gasteiger partial charge is 0.158 e. The van der Waals surface area contributed by atoms with Gasteiger partial charge in [-0.1, -0.05) is 13.8 Å². The molecule has 0 spiro atoms. The molecule has 4 nitrogen and oxygen atoms in total. The van der Waals surface area contributed by atoms with Gasteiger partial charge in [0.1, 0.15) is 11.3 Å². The van der Waals surface area contributed by atoms with E-state index in [1.807, 2.05) is 18.7 Å². The van der Waals surface area contributed by atoms with Gasteiger partial charge in [-0.3, -0.25) is 4.68 Å². The quantitative estimate of drug-likeness (QED) is 0.801. The predicted molar refractivity (Wildman–Crippen MR) is 72.7 cm³/mol. The van der Waals surface area contributed by atoms with Crippen LogP contribution >= 0.6 is 11.6 Å². The highest BCUT2D eigenvalue weighted by molar-refractivity contribution is 6.16. The fraction of sp³-hybridized carbons (Fsp3) is 0.692. The van der Waals surface area contributed by atoms with Gasteiger partial charge in [0.25, 0.3) is 0 Å².